The van der Waals surface area contributed by atoms with Crippen LogP contribution in [0.25, 0.3) is 0 Å². The Labute approximate surface area is 205 Å². The molecule has 0 amide bonds. The van der Waals surface area contributed by atoms with Gasteiger partial charge in [0.05, 0.1) is 0 Å². The summed E-state index contributed by atoms with van der Waals surface area (Å²) in [5.41, 5.74) is 0. The molecule has 0 fully saturated rings. The minimum Gasteiger partial charge on any atom is -1.00 e. The maximum absolute atomic E-state index is 2.89. The Morgan fingerprint density at radius 1 is 0.286 bits per heavy atom. The molecule has 4 rings (SSSR count). The van der Waals surface area contributed by atoms with E-state index in [0.717, 1.165) is 0 Å². The van der Waals surface area contributed by atoms with Crippen molar-refractivity contribution in [1.82, 2.24) is 0 Å². The molecule has 0 aliphatic heterocycles. The third-order valence-electron chi connectivity index (χ3n) is 2.43. The third kappa shape index (κ3) is 26.8. The van der Waals surface area contributed by atoms with Crippen molar-refractivity contribution in [3.63, 3.8) is 0 Å². The van der Waals surface area contributed by atoms with E-state index >= 15 is 0 Å². The summed E-state index contributed by atoms with van der Waals surface area (Å²) in [5.74, 6) is 0. The first-order valence-electron chi connectivity index (χ1n) is 7.64. The fourth-order valence-electron chi connectivity index (χ4n) is 1.37. The fourth-order valence-corrected chi connectivity index (χ4v) is 1.37. The van der Waals surface area contributed by atoms with Crippen molar-refractivity contribution >= 4 is 0 Å². The SMILES string of the molecule is [Cl-].[Cl-].[Ni+2].[Zn].[c-]1ccccc1.[c-]1ccccc1.[c-]1ccccc1.[c-]1ccccc1. The van der Waals surface area contributed by atoms with Gasteiger partial charge in [0.1, 0.15) is 0 Å². The Morgan fingerprint density at radius 3 is 0.464 bits per heavy atom. The molecule has 0 N–H and O–H groups in total. The van der Waals surface area contributed by atoms with Gasteiger partial charge in [0.25, 0.3) is 0 Å². The first-order valence-corrected chi connectivity index (χ1v) is 7.64. The van der Waals surface area contributed by atoms with E-state index in [1.54, 1.807) is 0 Å². The van der Waals surface area contributed by atoms with Crippen LogP contribution in [0.3, 0.4) is 0 Å². The Balaban J connectivity index is -0.000000131. The summed E-state index contributed by atoms with van der Waals surface area (Å²) in [6, 6.07) is 50.0. The van der Waals surface area contributed by atoms with Crippen molar-refractivity contribution < 1.29 is 60.8 Å². The predicted molar refractivity (Wildman–Crippen MR) is 101 cm³/mol. The summed E-state index contributed by atoms with van der Waals surface area (Å²) in [7, 11) is 0. The molecule has 0 saturated carbocycles. The maximum atomic E-state index is 2.89. The topological polar surface area (TPSA) is 0 Å². The molecule has 0 aliphatic carbocycles. The average Bonchev–Trinajstić information content (AvgIpc) is 2.75. The van der Waals surface area contributed by atoms with Gasteiger partial charge in [-0.1, -0.05) is 0 Å². The van der Waals surface area contributed by atoms with Crippen molar-refractivity contribution in [3.05, 3.63) is 146 Å². The summed E-state index contributed by atoms with van der Waals surface area (Å²) in [4.78, 5) is 0. The van der Waals surface area contributed by atoms with E-state index in [-0.39, 0.29) is 60.8 Å². The van der Waals surface area contributed by atoms with Crippen LogP contribution in [0.1, 0.15) is 0 Å². The molecule has 0 spiro atoms. The van der Waals surface area contributed by atoms with E-state index in [9.17, 15) is 0 Å². The van der Waals surface area contributed by atoms with E-state index in [1.807, 2.05) is 121 Å². The van der Waals surface area contributed by atoms with Crippen LogP contribution in [-0.2, 0) is 36.0 Å². The summed E-state index contributed by atoms with van der Waals surface area (Å²) in [6.07, 6.45) is 0. The van der Waals surface area contributed by atoms with Gasteiger partial charge in [0, 0.05) is 19.5 Å². The number of halogens is 2. The number of rotatable bonds is 0. The predicted octanol–water partition coefficient (Wildman–Crippen LogP) is -0.0498. The van der Waals surface area contributed by atoms with Crippen molar-refractivity contribution in [2.75, 3.05) is 0 Å². The first kappa shape index (κ1) is 34.1. The van der Waals surface area contributed by atoms with E-state index < -0.39 is 0 Å². The monoisotopic (exact) mass is 500 g/mol. The molecule has 146 valence electrons. The number of hydrogen-bond acceptors (Lipinski definition) is 0. The second kappa shape index (κ2) is 30.3. The smallest absolute Gasteiger partial charge is 1.00 e. The molecule has 0 aromatic heterocycles. The van der Waals surface area contributed by atoms with Crippen LogP contribution in [-0.4, -0.2) is 0 Å². The molecular weight excluding hydrogens is 483 g/mol. The summed E-state index contributed by atoms with van der Waals surface area (Å²) >= 11 is 0. The van der Waals surface area contributed by atoms with Crippen molar-refractivity contribution in [2.24, 2.45) is 0 Å². The summed E-state index contributed by atoms with van der Waals surface area (Å²) < 4.78 is 0. The van der Waals surface area contributed by atoms with Crippen molar-refractivity contribution in [3.8, 4) is 0 Å². The molecule has 0 heterocycles. The van der Waals surface area contributed by atoms with E-state index in [4.69, 9.17) is 0 Å². The van der Waals surface area contributed by atoms with Crippen LogP contribution in [0.4, 0.5) is 0 Å². The maximum Gasteiger partial charge on any atom is 2.00 e. The fraction of sp³-hybridized carbons (Fsp3) is 0. The Bertz CT molecular complexity index is 436. The van der Waals surface area contributed by atoms with E-state index in [1.165, 1.54) is 0 Å². The molecule has 0 nitrogen and oxygen atoms in total. The second-order valence-electron chi connectivity index (χ2n) is 4.31. The van der Waals surface area contributed by atoms with Gasteiger partial charge >= 0.3 is 16.5 Å². The van der Waals surface area contributed by atoms with Crippen molar-refractivity contribution in [2.45, 2.75) is 0 Å². The summed E-state index contributed by atoms with van der Waals surface area (Å²) in [5, 5.41) is 0. The van der Waals surface area contributed by atoms with Gasteiger partial charge in [-0.25, -0.2) is 0 Å². The Kier molecular flexibility index (Phi) is 36.9. The Hall–Kier alpha value is -1.42. The largest absolute Gasteiger partial charge is 2.00 e. The average molecular weight is 503 g/mol. The molecule has 4 heteroatoms. The summed E-state index contributed by atoms with van der Waals surface area (Å²) in [6.45, 7) is 0. The molecular formula is C24H20Cl2NiZn-4. The van der Waals surface area contributed by atoms with E-state index in [2.05, 4.69) is 24.3 Å². The number of benzene rings is 4. The molecule has 4 aromatic carbocycles. The molecule has 0 aliphatic rings. The molecule has 0 saturated heterocycles. The minimum atomic E-state index is 0. The first-order chi connectivity index (χ1) is 12.0. The van der Waals surface area contributed by atoms with Gasteiger partial charge in [-0.05, 0) is 0 Å². The Morgan fingerprint density at radius 2 is 0.429 bits per heavy atom. The van der Waals surface area contributed by atoms with Crippen LogP contribution in [0, 0.1) is 24.3 Å². The normalized spacial score (nSPS) is 6.86. The number of hydrogen-bond donors (Lipinski definition) is 0. The van der Waals surface area contributed by atoms with Crippen LogP contribution in [0.5, 0.6) is 0 Å². The zero-order valence-corrected chi connectivity index (χ0v) is 20.8. The third-order valence-corrected chi connectivity index (χ3v) is 2.43. The van der Waals surface area contributed by atoms with Crippen LogP contribution in [0.2, 0.25) is 0 Å². The van der Waals surface area contributed by atoms with Gasteiger partial charge in [0.2, 0.25) is 0 Å². The molecule has 4 aromatic rings. The molecule has 0 unspecified atom stereocenters. The molecule has 0 radical (unpaired) electrons. The zero-order chi connectivity index (χ0) is 17.0. The quantitative estimate of drug-likeness (QED) is 0.233. The molecule has 0 bridgehead atoms. The van der Waals surface area contributed by atoms with Crippen LogP contribution in [0.15, 0.2) is 121 Å². The van der Waals surface area contributed by atoms with E-state index in [0.29, 0.717) is 0 Å². The van der Waals surface area contributed by atoms with Gasteiger partial charge in [-0.2, -0.15) is 146 Å². The van der Waals surface area contributed by atoms with Gasteiger partial charge in [0.15, 0.2) is 0 Å². The van der Waals surface area contributed by atoms with Gasteiger partial charge < -0.3 is 24.8 Å². The van der Waals surface area contributed by atoms with Gasteiger partial charge in [-0.15, -0.1) is 0 Å². The second-order valence-corrected chi connectivity index (χ2v) is 4.31. The van der Waals surface area contributed by atoms with Crippen molar-refractivity contribution in [1.29, 1.82) is 0 Å². The molecule has 0 atom stereocenters. The minimum absolute atomic E-state index is 0. The van der Waals surface area contributed by atoms with Crippen LogP contribution >= 0.6 is 0 Å². The van der Waals surface area contributed by atoms with Gasteiger partial charge in [-0.3, -0.25) is 0 Å². The van der Waals surface area contributed by atoms with Crippen LogP contribution < -0.4 is 24.8 Å². The standard InChI is InChI=1S/4C6H5.2ClH.Ni.Zn/c4*1-2-4-6-5-3-1;;;;/h4*1-5H;2*1H;;/q4*-1;;;+2;/p-2. The zero-order valence-electron chi connectivity index (χ0n) is 15.3. The molecule has 28 heavy (non-hydrogen) atoms.